The van der Waals surface area contributed by atoms with Crippen molar-refractivity contribution in [3.05, 3.63) is 24.3 Å². The van der Waals surface area contributed by atoms with Gasteiger partial charge in [0.15, 0.2) is 5.96 Å². The molecule has 6 nitrogen and oxygen atoms in total. The summed E-state index contributed by atoms with van der Waals surface area (Å²) < 4.78 is 16.4. The molecule has 1 aromatic carbocycles. The summed E-state index contributed by atoms with van der Waals surface area (Å²) in [6.45, 7) is 8.19. The first-order valence-corrected chi connectivity index (χ1v) is 8.94. The molecule has 0 bridgehead atoms. The maximum absolute atomic E-state index is 5.71. The number of rotatable bonds is 12. The minimum Gasteiger partial charge on any atom is -0.497 e. The number of nitrogens with zero attached hydrogens (tertiary/aromatic N) is 1. The van der Waals surface area contributed by atoms with Crippen molar-refractivity contribution in [2.45, 2.75) is 26.7 Å². The van der Waals surface area contributed by atoms with Crippen LogP contribution in [0.2, 0.25) is 0 Å². The molecular weight excluding hydrogens is 445 g/mol. The Labute approximate surface area is 175 Å². The van der Waals surface area contributed by atoms with E-state index in [2.05, 4.69) is 29.5 Å². The first-order valence-electron chi connectivity index (χ1n) is 8.94. The molecule has 0 heterocycles. The summed E-state index contributed by atoms with van der Waals surface area (Å²) in [5.41, 5.74) is 0. The highest BCUT2D eigenvalue weighted by Gasteiger charge is 1.99. The smallest absolute Gasteiger partial charge is 0.190 e. The van der Waals surface area contributed by atoms with E-state index in [4.69, 9.17) is 14.2 Å². The minimum atomic E-state index is 0. The molecule has 0 amide bonds. The highest BCUT2D eigenvalue weighted by Crippen LogP contribution is 2.18. The molecule has 0 atom stereocenters. The van der Waals surface area contributed by atoms with Gasteiger partial charge in [0, 0.05) is 39.4 Å². The average molecular weight is 479 g/mol. The van der Waals surface area contributed by atoms with Crippen LogP contribution < -0.4 is 20.1 Å². The second-order valence-electron chi connectivity index (χ2n) is 6.13. The summed E-state index contributed by atoms with van der Waals surface area (Å²) in [7, 11) is 3.43. The molecule has 7 heteroatoms. The molecule has 2 N–H and O–H groups in total. The highest BCUT2D eigenvalue weighted by atomic mass is 127. The van der Waals surface area contributed by atoms with Crippen LogP contribution in [0.1, 0.15) is 26.7 Å². The van der Waals surface area contributed by atoms with Gasteiger partial charge in [-0.3, -0.25) is 4.99 Å². The van der Waals surface area contributed by atoms with Crippen LogP contribution in [0.4, 0.5) is 0 Å². The third-order valence-corrected chi connectivity index (χ3v) is 3.36. The van der Waals surface area contributed by atoms with Crippen LogP contribution in [0.3, 0.4) is 0 Å². The Hall–Kier alpha value is -1.22. The summed E-state index contributed by atoms with van der Waals surface area (Å²) in [6.07, 6.45) is 1.85. The molecule has 26 heavy (non-hydrogen) atoms. The maximum Gasteiger partial charge on any atom is 0.190 e. The Morgan fingerprint density at radius 2 is 1.73 bits per heavy atom. The molecule has 0 saturated heterocycles. The standard InChI is InChI=1S/C19H33N3O3.HI/c1-16(2)15-24-12-6-10-21-19(20-3)22-11-7-13-25-18-9-5-8-17(14-18)23-4;/h5,8-9,14,16H,6-7,10-13,15H2,1-4H3,(H2,20,21,22);1H. The largest absolute Gasteiger partial charge is 0.497 e. The molecule has 0 unspecified atom stereocenters. The Kier molecular flexibility index (Phi) is 15.2. The third-order valence-electron chi connectivity index (χ3n) is 3.36. The zero-order valence-electron chi connectivity index (χ0n) is 16.4. The molecule has 0 spiro atoms. The number of hydrogen-bond donors (Lipinski definition) is 2. The lowest BCUT2D eigenvalue weighted by molar-refractivity contribution is 0.108. The number of hydrogen-bond acceptors (Lipinski definition) is 4. The van der Waals surface area contributed by atoms with E-state index in [1.165, 1.54) is 0 Å². The summed E-state index contributed by atoms with van der Waals surface area (Å²) >= 11 is 0. The van der Waals surface area contributed by atoms with E-state index in [1.54, 1.807) is 14.2 Å². The fraction of sp³-hybridized carbons (Fsp3) is 0.632. The van der Waals surface area contributed by atoms with Gasteiger partial charge in [0.25, 0.3) is 0 Å². The first-order chi connectivity index (χ1) is 12.2. The number of ether oxygens (including phenoxy) is 3. The summed E-state index contributed by atoms with van der Waals surface area (Å²) in [5.74, 6) is 3.02. The normalized spacial score (nSPS) is 11.0. The molecule has 1 aromatic rings. The van der Waals surface area contributed by atoms with E-state index in [0.29, 0.717) is 12.5 Å². The van der Waals surface area contributed by atoms with Crippen LogP contribution in [0.25, 0.3) is 0 Å². The average Bonchev–Trinajstić information content (AvgIpc) is 2.62. The first kappa shape index (κ1) is 24.8. The maximum atomic E-state index is 5.71. The van der Waals surface area contributed by atoms with Gasteiger partial charge in [0.2, 0.25) is 0 Å². The van der Waals surface area contributed by atoms with Gasteiger partial charge in [0.1, 0.15) is 11.5 Å². The van der Waals surface area contributed by atoms with Gasteiger partial charge in [0.05, 0.1) is 13.7 Å². The van der Waals surface area contributed by atoms with Gasteiger partial charge in [-0.25, -0.2) is 0 Å². The number of benzene rings is 1. The van der Waals surface area contributed by atoms with Gasteiger partial charge in [-0.05, 0) is 30.9 Å². The number of methoxy groups -OCH3 is 1. The lowest BCUT2D eigenvalue weighted by atomic mass is 10.2. The zero-order chi connectivity index (χ0) is 18.3. The van der Waals surface area contributed by atoms with E-state index < -0.39 is 0 Å². The molecule has 0 saturated carbocycles. The van der Waals surface area contributed by atoms with Crippen LogP contribution in [-0.2, 0) is 4.74 Å². The van der Waals surface area contributed by atoms with E-state index in [9.17, 15) is 0 Å². The van der Waals surface area contributed by atoms with Crippen molar-refractivity contribution in [1.29, 1.82) is 0 Å². The summed E-state index contributed by atoms with van der Waals surface area (Å²) in [4.78, 5) is 4.21. The Bertz CT molecular complexity index is 499. The monoisotopic (exact) mass is 479 g/mol. The van der Waals surface area contributed by atoms with Crippen molar-refractivity contribution >= 4 is 29.9 Å². The second-order valence-corrected chi connectivity index (χ2v) is 6.13. The number of guanidine groups is 1. The van der Waals surface area contributed by atoms with Crippen molar-refractivity contribution in [3.8, 4) is 11.5 Å². The molecule has 0 aliphatic rings. The van der Waals surface area contributed by atoms with Crippen molar-refractivity contribution in [1.82, 2.24) is 10.6 Å². The molecule has 0 aromatic heterocycles. The van der Waals surface area contributed by atoms with Crippen LogP contribution >= 0.6 is 24.0 Å². The Morgan fingerprint density at radius 1 is 1.08 bits per heavy atom. The predicted octanol–water partition coefficient (Wildman–Crippen LogP) is 3.31. The lowest BCUT2D eigenvalue weighted by Gasteiger charge is -2.13. The molecule has 0 aliphatic carbocycles. The van der Waals surface area contributed by atoms with Crippen LogP contribution in [-0.4, -0.2) is 53.0 Å². The van der Waals surface area contributed by atoms with Crippen molar-refractivity contribution in [3.63, 3.8) is 0 Å². The summed E-state index contributed by atoms with van der Waals surface area (Å²) in [5, 5.41) is 6.56. The van der Waals surface area contributed by atoms with Gasteiger partial charge in [-0.1, -0.05) is 19.9 Å². The zero-order valence-corrected chi connectivity index (χ0v) is 18.7. The highest BCUT2D eigenvalue weighted by molar-refractivity contribution is 14.0. The van der Waals surface area contributed by atoms with Crippen LogP contribution in [0.15, 0.2) is 29.3 Å². The molecule has 150 valence electrons. The van der Waals surface area contributed by atoms with E-state index in [0.717, 1.165) is 56.6 Å². The van der Waals surface area contributed by atoms with Crippen LogP contribution in [0, 0.1) is 5.92 Å². The molecule has 1 rings (SSSR count). The summed E-state index contributed by atoms with van der Waals surface area (Å²) in [6, 6.07) is 7.63. The Morgan fingerprint density at radius 3 is 2.35 bits per heavy atom. The van der Waals surface area contributed by atoms with E-state index >= 15 is 0 Å². The van der Waals surface area contributed by atoms with Gasteiger partial charge in [-0.15, -0.1) is 24.0 Å². The minimum absolute atomic E-state index is 0. The number of nitrogens with one attached hydrogen (secondary N) is 2. The van der Waals surface area contributed by atoms with E-state index in [1.807, 2.05) is 24.3 Å². The fourth-order valence-electron chi connectivity index (χ4n) is 2.08. The quantitative estimate of drug-likeness (QED) is 0.209. The number of aliphatic imine (C=N–C) groups is 1. The predicted molar refractivity (Wildman–Crippen MR) is 118 cm³/mol. The molecular formula is C19H34IN3O3. The lowest BCUT2D eigenvalue weighted by Crippen LogP contribution is -2.38. The van der Waals surface area contributed by atoms with Gasteiger partial charge >= 0.3 is 0 Å². The van der Waals surface area contributed by atoms with Gasteiger partial charge < -0.3 is 24.8 Å². The van der Waals surface area contributed by atoms with Crippen molar-refractivity contribution in [2.75, 3.05) is 47.1 Å². The van der Waals surface area contributed by atoms with Crippen molar-refractivity contribution < 1.29 is 14.2 Å². The molecule has 0 radical (unpaired) electrons. The molecule has 0 aliphatic heterocycles. The van der Waals surface area contributed by atoms with Crippen LogP contribution in [0.5, 0.6) is 11.5 Å². The Balaban J connectivity index is 0.00000625. The van der Waals surface area contributed by atoms with Gasteiger partial charge in [-0.2, -0.15) is 0 Å². The van der Waals surface area contributed by atoms with Crippen molar-refractivity contribution in [2.24, 2.45) is 10.9 Å². The fourth-order valence-corrected chi connectivity index (χ4v) is 2.08. The topological polar surface area (TPSA) is 64.1 Å². The van der Waals surface area contributed by atoms with E-state index in [-0.39, 0.29) is 24.0 Å². The SMILES string of the molecule is CN=C(NCCCOCC(C)C)NCCCOc1cccc(OC)c1.I. The number of halogens is 1. The second kappa shape index (κ2) is 16.0. The third kappa shape index (κ3) is 12.2. The molecule has 0 fully saturated rings.